The van der Waals surface area contributed by atoms with Gasteiger partial charge >= 0.3 is 0 Å². The molecule has 0 aliphatic carbocycles. The molecule has 0 saturated carbocycles. The van der Waals surface area contributed by atoms with E-state index in [9.17, 15) is 5.11 Å². The van der Waals surface area contributed by atoms with E-state index in [-0.39, 0.29) is 6.61 Å². The molecule has 1 atom stereocenters. The smallest absolute Gasteiger partial charge is 0.119 e. The molecule has 19 heavy (non-hydrogen) atoms. The fourth-order valence-electron chi connectivity index (χ4n) is 1.58. The summed E-state index contributed by atoms with van der Waals surface area (Å²) in [6.07, 6.45) is 0.928. The Morgan fingerprint density at radius 2 is 2.11 bits per heavy atom. The predicted octanol–water partition coefficient (Wildman–Crippen LogP) is 3.05. The quantitative estimate of drug-likeness (QED) is 0.906. The number of rotatable bonds is 5. The Morgan fingerprint density at radius 3 is 2.68 bits per heavy atom. The molecule has 0 saturated heterocycles. The van der Waals surface area contributed by atoms with E-state index in [2.05, 4.69) is 21.0 Å². The van der Waals surface area contributed by atoms with Crippen LogP contribution in [0.1, 0.15) is 5.69 Å². The van der Waals surface area contributed by atoms with Crippen molar-refractivity contribution in [2.75, 3.05) is 6.61 Å². The third-order valence-corrected chi connectivity index (χ3v) is 3.58. The van der Waals surface area contributed by atoms with E-state index in [0.29, 0.717) is 11.6 Å². The lowest BCUT2D eigenvalue weighted by atomic mass is 10.3. The molecule has 2 aromatic rings. The highest BCUT2D eigenvalue weighted by atomic mass is 79.9. The summed E-state index contributed by atoms with van der Waals surface area (Å²) in [5.74, 6) is 0.720. The summed E-state index contributed by atoms with van der Waals surface area (Å²) >= 11 is 9.25. The number of nitrogens with zero attached hydrogens (tertiary/aromatic N) is 2. The highest BCUT2D eigenvalue weighted by molar-refractivity contribution is 9.10. The van der Waals surface area contributed by atoms with Gasteiger partial charge in [-0.25, -0.2) is 0 Å². The largest absolute Gasteiger partial charge is 0.491 e. The lowest BCUT2D eigenvalue weighted by molar-refractivity contribution is 0.0888. The average molecular weight is 346 g/mol. The molecule has 1 N–H and O–H groups in total. The lowest BCUT2D eigenvalue weighted by Gasteiger charge is -2.13. The van der Waals surface area contributed by atoms with E-state index >= 15 is 0 Å². The summed E-state index contributed by atoms with van der Waals surface area (Å²) in [6.45, 7) is 2.42. The standard InChI is InChI=1S/C13H14BrClN2O2/c1-9-13(15)6-16-17(9)7-11(18)8-19-12-4-2-10(14)3-5-12/h2-6,11,18H,7-8H2,1H3. The number of aliphatic hydroxyl groups excluding tert-OH is 1. The van der Waals surface area contributed by atoms with Crippen LogP contribution in [-0.4, -0.2) is 27.6 Å². The van der Waals surface area contributed by atoms with Crippen LogP contribution in [0.15, 0.2) is 34.9 Å². The van der Waals surface area contributed by atoms with Crippen molar-refractivity contribution < 1.29 is 9.84 Å². The normalized spacial score (nSPS) is 12.4. The van der Waals surface area contributed by atoms with Crippen LogP contribution in [0.3, 0.4) is 0 Å². The Hall–Kier alpha value is -1.04. The van der Waals surface area contributed by atoms with Crippen molar-refractivity contribution in [3.05, 3.63) is 45.7 Å². The van der Waals surface area contributed by atoms with Gasteiger partial charge in [0, 0.05) is 4.47 Å². The molecule has 6 heteroatoms. The zero-order valence-corrected chi connectivity index (χ0v) is 12.7. The molecule has 1 heterocycles. The molecule has 102 valence electrons. The second kappa shape index (κ2) is 6.41. The first kappa shape index (κ1) is 14.4. The van der Waals surface area contributed by atoms with Crippen molar-refractivity contribution in [2.45, 2.75) is 19.6 Å². The van der Waals surface area contributed by atoms with Gasteiger partial charge in [0.1, 0.15) is 18.5 Å². The topological polar surface area (TPSA) is 47.3 Å². The van der Waals surface area contributed by atoms with E-state index < -0.39 is 6.10 Å². The van der Waals surface area contributed by atoms with Crippen molar-refractivity contribution in [1.29, 1.82) is 0 Å². The van der Waals surface area contributed by atoms with E-state index in [4.69, 9.17) is 16.3 Å². The Bertz CT molecular complexity index is 542. The molecular formula is C13H14BrClN2O2. The number of benzene rings is 1. The van der Waals surface area contributed by atoms with Gasteiger partial charge in [0.05, 0.1) is 23.5 Å². The van der Waals surface area contributed by atoms with Crippen molar-refractivity contribution >= 4 is 27.5 Å². The molecule has 0 aliphatic rings. The first-order chi connectivity index (χ1) is 9.06. The molecule has 1 unspecified atom stereocenters. The van der Waals surface area contributed by atoms with Crippen molar-refractivity contribution in [2.24, 2.45) is 0 Å². The number of aromatic nitrogens is 2. The van der Waals surface area contributed by atoms with Gasteiger partial charge in [-0.1, -0.05) is 27.5 Å². The number of hydrogen-bond acceptors (Lipinski definition) is 3. The number of ether oxygens (including phenoxy) is 1. The molecule has 1 aromatic heterocycles. The van der Waals surface area contributed by atoms with E-state index in [1.54, 1.807) is 10.9 Å². The molecular weight excluding hydrogens is 332 g/mol. The van der Waals surface area contributed by atoms with Gasteiger partial charge in [-0.3, -0.25) is 4.68 Å². The Morgan fingerprint density at radius 1 is 1.42 bits per heavy atom. The van der Waals surface area contributed by atoms with E-state index in [1.165, 1.54) is 0 Å². The summed E-state index contributed by atoms with van der Waals surface area (Å²) in [4.78, 5) is 0. The van der Waals surface area contributed by atoms with Crippen LogP contribution in [0.2, 0.25) is 5.02 Å². The highest BCUT2D eigenvalue weighted by Gasteiger charge is 2.10. The van der Waals surface area contributed by atoms with Gasteiger partial charge in [0.2, 0.25) is 0 Å². The fourth-order valence-corrected chi connectivity index (χ4v) is 1.99. The molecule has 4 nitrogen and oxygen atoms in total. The van der Waals surface area contributed by atoms with Gasteiger partial charge in [-0.2, -0.15) is 5.10 Å². The molecule has 0 aliphatic heterocycles. The fraction of sp³-hybridized carbons (Fsp3) is 0.308. The monoisotopic (exact) mass is 344 g/mol. The van der Waals surface area contributed by atoms with Crippen molar-refractivity contribution in [3.63, 3.8) is 0 Å². The van der Waals surface area contributed by atoms with Crippen LogP contribution < -0.4 is 4.74 Å². The van der Waals surface area contributed by atoms with Crippen molar-refractivity contribution in [3.8, 4) is 5.75 Å². The van der Waals surface area contributed by atoms with Crippen molar-refractivity contribution in [1.82, 2.24) is 9.78 Å². The van der Waals surface area contributed by atoms with Gasteiger partial charge in [0.25, 0.3) is 0 Å². The average Bonchev–Trinajstić information content (AvgIpc) is 2.70. The van der Waals surface area contributed by atoms with Gasteiger partial charge in [-0.15, -0.1) is 0 Å². The second-order valence-corrected chi connectivity index (χ2v) is 5.50. The molecule has 0 amide bonds. The van der Waals surface area contributed by atoms with Crippen LogP contribution in [0.4, 0.5) is 0 Å². The Labute approximate surface area is 125 Å². The molecule has 1 aromatic carbocycles. The maximum atomic E-state index is 9.91. The van der Waals surface area contributed by atoms with Crippen LogP contribution in [0.25, 0.3) is 0 Å². The minimum atomic E-state index is -0.640. The van der Waals surface area contributed by atoms with Crippen LogP contribution >= 0.6 is 27.5 Å². The first-order valence-corrected chi connectivity index (χ1v) is 6.97. The minimum absolute atomic E-state index is 0.207. The molecule has 0 bridgehead atoms. The SMILES string of the molecule is Cc1c(Cl)cnn1CC(O)COc1ccc(Br)cc1. The summed E-state index contributed by atoms with van der Waals surface area (Å²) in [6, 6.07) is 7.46. The van der Waals surface area contributed by atoms with Crippen LogP contribution in [-0.2, 0) is 6.54 Å². The summed E-state index contributed by atoms with van der Waals surface area (Å²) < 4.78 is 8.15. The molecule has 0 spiro atoms. The number of hydrogen-bond donors (Lipinski definition) is 1. The second-order valence-electron chi connectivity index (χ2n) is 4.18. The summed E-state index contributed by atoms with van der Waals surface area (Å²) in [5.41, 5.74) is 0.837. The zero-order valence-electron chi connectivity index (χ0n) is 10.4. The predicted molar refractivity (Wildman–Crippen MR) is 77.6 cm³/mol. The third-order valence-electron chi connectivity index (χ3n) is 2.68. The third kappa shape index (κ3) is 3.96. The lowest BCUT2D eigenvalue weighted by Crippen LogP contribution is -2.24. The summed E-state index contributed by atoms with van der Waals surface area (Å²) in [5, 5.41) is 14.6. The molecule has 2 rings (SSSR count). The molecule has 0 fully saturated rings. The Balaban J connectivity index is 1.86. The highest BCUT2D eigenvalue weighted by Crippen LogP contribution is 2.17. The van der Waals surface area contributed by atoms with Gasteiger partial charge < -0.3 is 9.84 Å². The van der Waals surface area contributed by atoms with Crippen LogP contribution in [0, 0.1) is 6.92 Å². The maximum Gasteiger partial charge on any atom is 0.119 e. The summed E-state index contributed by atoms with van der Waals surface area (Å²) in [7, 11) is 0. The minimum Gasteiger partial charge on any atom is -0.491 e. The maximum absolute atomic E-state index is 9.91. The number of aliphatic hydroxyl groups is 1. The van der Waals surface area contributed by atoms with Crippen LogP contribution in [0.5, 0.6) is 5.75 Å². The van der Waals surface area contributed by atoms with E-state index in [1.807, 2.05) is 31.2 Å². The van der Waals surface area contributed by atoms with E-state index in [0.717, 1.165) is 15.9 Å². The van der Waals surface area contributed by atoms with Gasteiger partial charge in [-0.05, 0) is 31.2 Å². The number of halogens is 2. The first-order valence-electron chi connectivity index (χ1n) is 5.80. The zero-order chi connectivity index (χ0) is 13.8. The van der Waals surface area contributed by atoms with Gasteiger partial charge in [0.15, 0.2) is 0 Å². The molecule has 0 radical (unpaired) electrons. The Kier molecular flexibility index (Phi) is 4.85.